The minimum Gasteiger partial charge on any atom is -0.352 e. The highest BCUT2D eigenvalue weighted by molar-refractivity contribution is 5.37. The highest BCUT2D eigenvalue weighted by atomic mass is 16.7. The lowest BCUT2D eigenvalue weighted by molar-refractivity contribution is -0.123. The van der Waals surface area contributed by atoms with Gasteiger partial charge in [-0.3, -0.25) is 0 Å². The normalized spacial score (nSPS) is 12.4. The molecule has 4 nitrogen and oxygen atoms in total. The molecule has 0 fully saturated rings. The molecule has 0 aromatic heterocycles. The van der Waals surface area contributed by atoms with Crippen molar-refractivity contribution in [2.45, 2.75) is 45.2 Å². The lowest BCUT2D eigenvalue weighted by atomic mass is 9.81. The first-order valence-electron chi connectivity index (χ1n) is 7.20. The molecule has 0 N–H and O–H groups in total. The molecule has 0 saturated heterocycles. The lowest BCUT2D eigenvalue weighted by Crippen LogP contribution is -2.19. The highest BCUT2D eigenvalue weighted by Gasteiger charge is 2.25. The number of hydrogen-bond donors (Lipinski definition) is 0. The van der Waals surface area contributed by atoms with Crippen LogP contribution in [-0.4, -0.2) is 28.4 Å². The average molecular weight is 296 g/mol. The van der Waals surface area contributed by atoms with E-state index in [2.05, 4.69) is 32.9 Å². The minimum absolute atomic E-state index is 0.0922. The summed E-state index contributed by atoms with van der Waals surface area (Å²) in [6.07, 6.45) is 0.168. The van der Waals surface area contributed by atoms with Crippen molar-refractivity contribution in [3.63, 3.8) is 0 Å². The Labute approximate surface area is 128 Å². The molecule has 0 bridgehead atoms. The van der Waals surface area contributed by atoms with Crippen molar-refractivity contribution in [2.75, 3.05) is 28.4 Å². The van der Waals surface area contributed by atoms with Gasteiger partial charge in [0.15, 0.2) is 12.6 Å². The van der Waals surface area contributed by atoms with Gasteiger partial charge in [-0.25, -0.2) is 0 Å². The summed E-state index contributed by atoms with van der Waals surface area (Å²) in [5.41, 5.74) is 3.19. The summed E-state index contributed by atoms with van der Waals surface area (Å²) >= 11 is 0. The summed E-state index contributed by atoms with van der Waals surface area (Å²) in [7, 11) is 6.50. The Balaban J connectivity index is 3.39. The number of benzene rings is 1. The van der Waals surface area contributed by atoms with Crippen LogP contribution in [0.3, 0.4) is 0 Å². The predicted octanol–water partition coefficient (Wildman–Crippen LogP) is 3.96. The Hall–Kier alpha value is -0.940. The molecule has 1 aromatic carbocycles. The Morgan fingerprint density at radius 2 is 1.33 bits per heavy atom. The molecular weight excluding hydrogens is 268 g/mol. The maximum absolute atomic E-state index is 5.43. The Morgan fingerprint density at radius 3 is 1.76 bits per heavy atom. The Bertz CT molecular complexity index is 434. The molecule has 0 aliphatic heterocycles. The van der Waals surface area contributed by atoms with Crippen LogP contribution in [0.1, 0.15) is 56.5 Å². The van der Waals surface area contributed by atoms with Crippen LogP contribution in [0.5, 0.6) is 0 Å². The van der Waals surface area contributed by atoms with E-state index in [1.54, 1.807) is 28.4 Å². The first-order chi connectivity index (χ1) is 9.94. The van der Waals surface area contributed by atoms with E-state index < -0.39 is 12.6 Å². The van der Waals surface area contributed by atoms with E-state index in [-0.39, 0.29) is 5.41 Å². The van der Waals surface area contributed by atoms with E-state index in [0.717, 1.165) is 17.5 Å². The molecule has 0 aliphatic carbocycles. The maximum atomic E-state index is 5.43. The van der Waals surface area contributed by atoms with Gasteiger partial charge in [-0.2, -0.15) is 0 Å². The van der Waals surface area contributed by atoms with Gasteiger partial charge in [0.1, 0.15) is 0 Å². The summed E-state index contributed by atoms with van der Waals surface area (Å²) in [4.78, 5) is 0. The molecule has 0 atom stereocenters. The standard InChI is InChI=1S/C17H28O4/c1-8-17(2,3)12-9-10-13(15(18-4)19-5)14(11-12)16(20-6)21-7/h9-11,15-16H,8H2,1-7H3. The molecule has 0 spiro atoms. The van der Waals surface area contributed by atoms with Crippen LogP contribution in [0, 0.1) is 0 Å². The molecule has 0 aliphatic rings. The summed E-state index contributed by atoms with van der Waals surface area (Å²) < 4.78 is 21.6. The maximum Gasteiger partial charge on any atom is 0.183 e. The van der Waals surface area contributed by atoms with Crippen molar-refractivity contribution < 1.29 is 18.9 Å². The van der Waals surface area contributed by atoms with E-state index in [0.29, 0.717) is 0 Å². The fraction of sp³-hybridized carbons (Fsp3) is 0.647. The highest BCUT2D eigenvalue weighted by Crippen LogP contribution is 2.34. The fourth-order valence-electron chi connectivity index (χ4n) is 2.32. The molecule has 0 amide bonds. The second-order valence-corrected chi connectivity index (χ2v) is 5.69. The first-order valence-corrected chi connectivity index (χ1v) is 7.20. The van der Waals surface area contributed by atoms with Gasteiger partial charge in [-0.05, 0) is 23.5 Å². The van der Waals surface area contributed by atoms with Crippen molar-refractivity contribution in [1.82, 2.24) is 0 Å². The molecule has 1 aromatic rings. The van der Waals surface area contributed by atoms with Crippen LogP contribution in [0.4, 0.5) is 0 Å². The summed E-state index contributed by atoms with van der Waals surface area (Å²) in [6, 6.07) is 6.28. The van der Waals surface area contributed by atoms with Crippen LogP contribution in [-0.2, 0) is 24.4 Å². The van der Waals surface area contributed by atoms with E-state index in [9.17, 15) is 0 Å². The van der Waals surface area contributed by atoms with Crippen LogP contribution < -0.4 is 0 Å². The molecule has 4 heteroatoms. The predicted molar refractivity (Wildman–Crippen MR) is 83.3 cm³/mol. The van der Waals surface area contributed by atoms with Crippen molar-refractivity contribution in [3.8, 4) is 0 Å². The van der Waals surface area contributed by atoms with Crippen LogP contribution in [0.15, 0.2) is 18.2 Å². The Kier molecular flexibility index (Phi) is 6.81. The molecule has 0 unspecified atom stereocenters. The third-order valence-corrected chi connectivity index (χ3v) is 4.12. The summed E-state index contributed by atoms with van der Waals surface area (Å²) in [6.45, 7) is 6.64. The number of rotatable bonds is 8. The SMILES string of the molecule is CCC(C)(C)c1ccc(C(OC)OC)c(C(OC)OC)c1. The number of hydrogen-bond acceptors (Lipinski definition) is 4. The van der Waals surface area contributed by atoms with Crippen LogP contribution >= 0.6 is 0 Å². The van der Waals surface area contributed by atoms with Gasteiger partial charge in [-0.1, -0.05) is 32.9 Å². The molecule has 120 valence electrons. The van der Waals surface area contributed by atoms with Crippen molar-refractivity contribution >= 4 is 0 Å². The third kappa shape index (κ3) is 4.04. The molecule has 21 heavy (non-hydrogen) atoms. The van der Waals surface area contributed by atoms with Gasteiger partial charge in [-0.15, -0.1) is 0 Å². The van der Waals surface area contributed by atoms with Gasteiger partial charge < -0.3 is 18.9 Å². The largest absolute Gasteiger partial charge is 0.352 e. The first kappa shape index (κ1) is 18.1. The van der Waals surface area contributed by atoms with E-state index in [1.807, 2.05) is 6.07 Å². The van der Waals surface area contributed by atoms with Gasteiger partial charge >= 0.3 is 0 Å². The zero-order valence-electron chi connectivity index (χ0n) is 14.2. The van der Waals surface area contributed by atoms with Crippen molar-refractivity contribution in [3.05, 3.63) is 34.9 Å². The molecule has 0 heterocycles. The topological polar surface area (TPSA) is 36.9 Å². The van der Waals surface area contributed by atoms with Crippen molar-refractivity contribution in [2.24, 2.45) is 0 Å². The monoisotopic (exact) mass is 296 g/mol. The zero-order valence-corrected chi connectivity index (χ0v) is 14.2. The lowest BCUT2D eigenvalue weighted by Gasteiger charge is -2.28. The summed E-state index contributed by atoms with van der Waals surface area (Å²) in [5.74, 6) is 0. The smallest absolute Gasteiger partial charge is 0.183 e. The second kappa shape index (κ2) is 7.90. The quantitative estimate of drug-likeness (QED) is 0.680. The molecule has 1 rings (SSSR count). The fourth-order valence-corrected chi connectivity index (χ4v) is 2.32. The van der Waals surface area contributed by atoms with Gasteiger partial charge in [0.25, 0.3) is 0 Å². The van der Waals surface area contributed by atoms with Crippen molar-refractivity contribution in [1.29, 1.82) is 0 Å². The van der Waals surface area contributed by atoms with Gasteiger partial charge in [0.2, 0.25) is 0 Å². The van der Waals surface area contributed by atoms with Crippen LogP contribution in [0.25, 0.3) is 0 Å². The zero-order chi connectivity index (χ0) is 16.0. The van der Waals surface area contributed by atoms with E-state index in [4.69, 9.17) is 18.9 Å². The number of ether oxygens (including phenoxy) is 4. The molecular formula is C17H28O4. The Morgan fingerprint density at radius 1 is 0.857 bits per heavy atom. The van der Waals surface area contributed by atoms with E-state index >= 15 is 0 Å². The van der Waals surface area contributed by atoms with Gasteiger partial charge in [0.05, 0.1) is 0 Å². The van der Waals surface area contributed by atoms with E-state index in [1.165, 1.54) is 5.56 Å². The second-order valence-electron chi connectivity index (χ2n) is 5.69. The average Bonchev–Trinajstić information content (AvgIpc) is 2.50. The number of methoxy groups -OCH3 is 4. The van der Waals surface area contributed by atoms with Crippen LogP contribution in [0.2, 0.25) is 0 Å². The third-order valence-electron chi connectivity index (χ3n) is 4.12. The molecule has 0 saturated carbocycles. The van der Waals surface area contributed by atoms with Gasteiger partial charge in [0, 0.05) is 39.6 Å². The minimum atomic E-state index is -0.444. The summed E-state index contributed by atoms with van der Waals surface area (Å²) in [5, 5.41) is 0. The molecule has 0 radical (unpaired) electrons.